The quantitative estimate of drug-likeness (QED) is 0.780. The molecule has 106 valence electrons. The zero-order valence-corrected chi connectivity index (χ0v) is 12.2. The van der Waals surface area contributed by atoms with Gasteiger partial charge in [-0.25, -0.2) is 0 Å². The van der Waals surface area contributed by atoms with E-state index in [-0.39, 0.29) is 11.3 Å². The Hall–Kier alpha value is -1.13. The number of rotatable bonds is 5. The minimum Gasteiger partial charge on any atom is -0.496 e. The highest BCUT2D eigenvalue weighted by atomic mass is 35.5. The van der Waals surface area contributed by atoms with Crippen LogP contribution in [0.25, 0.3) is 0 Å². The molecule has 1 aliphatic rings. The first kappa shape index (κ1) is 14.3. The Morgan fingerprint density at radius 2 is 1.79 bits per heavy atom. The molecule has 1 aliphatic heterocycles. The Morgan fingerprint density at radius 3 is 2.21 bits per heavy atom. The van der Waals surface area contributed by atoms with Gasteiger partial charge in [-0.05, 0) is 6.42 Å². The second kappa shape index (κ2) is 6.35. The summed E-state index contributed by atoms with van der Waals surface area (Å²) >= 11 is 6.60. The van der Waals surface area contributed by atoms with E-state index in [1.807, 2.05) is 12.1 Å². The topological polar surface area (TPSA) is 36.9 Å². The fourth-order valence-corrected chi connectivity index (χ4v) is 2.74. The summed E-state index contributed by atoms with van der Waals surface area (Å²) in [5.74, 6) is 2.33. The molecule has 0 amide bonds. The van der Waals surface area contributed by atoms with Crippen LogP contribution in [0.2, 0.25) is 0 Å². The molecule has 1 saturated heterocycles. The second-order valence-corrected chi connectivity index (χ2v) is 4.94. The molecule has 1 aromatic carbocycles. The zero-order chi connectivity index (χ0) is 13.8. The van der Waals surface area contributed by atoms with Crippen LogP contribution in [-0.4, -0.2) is 34.5 Å². The third-order valence-electron chi connectivity index (χ3n) is 3.41. The lowest BCUT2D eigenvalue weighted by atomic mass is 9.96. The van der Waals surface area contributed by atoms with Gasteiger partial charge in [-0.2, -0.15) is 0 Å². The summed E-state index contributed by atoms with van der Waals surface area (Å²) in [6.07, 6.45) is 0.951. The standard InChI is InChI=1S/C14H19ClO4/c1-16-10-6-11(17-2)13(12(7-10)18-3)14(15)9-4-5-19-8-9/h6-7,9,14H,4-5,8H2,1-3H3. The Balaban J connectivity index is 2.40. The van der Waals surface area contributed by atoms with Gasteiger partial charge in [0.05, 0.1) is 38.9 Å². The van der Waals surface area contributed by atoms with Gasteiger partial charge >= 0.3 is 0 Å². The summed E-state index contributed by atoms with van der Waals surface area (Å²) in [5, 5.41) is -0.196. The van der Waals surface area contributed by atoms with Crippen molar-refractivity contribution < 1.29 is 18.9 Å². The van der Waals surface area contributed by atoms with E-state index in [0.717, 1.165) is 18.6 Å². The van der Waals surface area contributed by atoms with E-state index in [1.165, 1.54) is 0 Å². The maximum Gasteiger partial charge on any atom is 0.130 e. The fourth-order valence-electron chi connectivity index (χ4n) is 2.32. The maximum atomic E-state index is 6.60. The molecule has 0 aromatic heterocycles. The van der Waals surface area contributed by atoms with Gasteiger partial charge in [0.25, 0.3) is 0 Å². The molecule has 0 bridgehead atoms. The van der Waals surface area contributed by atoms with Gasteiger partial charge in [0.2, 0.25) is 0 Å². The van der Waals surface area contributed by atoms with E-state index < -0.39 is 0 Å². The molecule has 0 aliphatic carbocycles. The van der Waals surface area contributed by atoms with Crippen molar-refractivity contribution in [1.82, 2.24) is 0 Å². The van der Waals surface area contributed by atoms with E-state index in [1.54, 1.807) is 21.3 Å². The van der Waals surface area contributed by atoms with Gasteiger partial charge in [-0.1, -0.05) is 0 Å². The van der Waals surface area contributed by atoms with Crippen LogP contribution in [0.5, 0.6) is 17.2 Å². The van der Waals surface area contributed by atoms with Gasteiger partial charge in [-0.3, -0.25) is 0 Å². The van der Waals surface area contributed by atoms with Gasteiger partial charge in [0.1, 0.15) is 17.2 Å². The summed E-state index contributed by atoms with van der Waals surface area (Å²) in [7, 11) is 4.84. The number of hydrogen-bond donors (Lipinski definition) is 0. The molecule has 2 atom stereocenters. The Morgan fingerprint density at radius 1 is 1.16 bits per heavy atom. The number of benzene rings is 1. The first-order valence-corrected chi connectivity index (χ1v) is 6.66. The van der Waals surface area contributed by atoms with Crippen molar-refractivity contribution in [2.45, 2.75) is 11.8 Å². The van der Waals surface area contributed by atoms with Crippen LogP contribution in [0, 0.1) is 5.92 Å². The summed E-state index contributed by atoms with van der Waals surface area (Å²) < 4.78 is 21.5. The van der Waals surface area contributed by atoms with E-state index in [9.17, 15) is 0 Å². The lowest BCUT2D eigenvalue weighted by molar-refractivity contribution is 0.184. The molecule has 2 rings (SSSR count). The minimum absolute atomic E-state index is 0.196. The average Bonchev–Trinajstić information content (AvgIpc) is 2.99. The first-order chi connectivity index (χ1) is 9.21. The summed E-state index contributed by atoms with van der Waals surface area (Å²) in [6.45, 7) is 1.43. The van der Waals surface area contributed by atoms with Crippen molar-refractivity contribution in [3.8, 4) is 17.2 Å². The van der Waals surface area contributed by atoms with Crippen molar-refractivity contribution in [3.63, 3.8) is 0 Å². The predicted octanol–water partition coefficient (Wildman–Crippen LogP) is 3.03. The largest absolute Gasteiger partial charge is 0.496 e. The van der Waals surface area contributed by atoms with E-state index in [2.05, 4.69) is 0 Å². The van der Waals surface area contributed by atoms with Crippen molar-refractivity contribution in [2.75, 3.05) is 34.5 Å². The number of alkyl halides is 1. The Bertz CT molecular complexity index is 404. The molecule has 5 heteroatoms. The summed E-state index contributed by atoms with van der Waals surface area (Å²) in [4.78, 5) is 0. The molecule has 1 heterocycles. The fraction of sp³-hybridized carbons (Fsp3) is 0.571. The van der Waals surface area contributed by atoms with E-state index >= 15 is 0 Å². The molecule has 2 unspecified atom stereocenters. The summed E-state index contributed by atoms with van der Waals surface area (Å²) in [6, 6.07) is 3.64. The smallest absolute Gasteiger partial charge is 0.130 e. The van der Waals surface area contributed by atoms with Crippen molar-refractivity contribution in [1.29, 1.82) is 0 Å². The van der Waals surface area contributed by atoms with E-state index in [0.29, 0.717) is 23.9 Å². The maximum absolute atomic E-state index is 6.60. The lowest BCUT2D eigenvalue weighted by Gasteiger charge is -2.22. The predicted molar refractivity (Wildman–Crippen MR) is 73.6 cm³/mol. The normalized spacial score (nSPS) is 20.1. The first-order valence-electron chi connectivity index (χ1n) is 6.23. The molecular formula is C14H19ClO4. The summed E-state index contributed by atoms with van der Waals surface area (Å²) in [5.41, 5.74) is 0.864. The second-order valence-electron chi connectivity index (χ2n) is 4.47. The van der Waals surface area contributed by atoms with Crippen molar-refractivity contribution >= 4 is 11.6 Å². The molecule has 1 fully saturated rings. The molecule has 1 aromatic rings. The zero-order valence-electron chi connectivity index (χ0n) is 11.4. The number of hydrogen-bond acceptors (Lipinski definition) is 4. The number of ether oxygens (including phenoxy) is 4. The Labute approximate surface area is 118 Å². The van der Waals surface area contributed by atoms with Gasteiger partial charge in [0, 0.05) is 24.7 Å². The van der Waals surface area contributed by atoms with Crippen LogP contribution in [0.15, 0.2) is 12.1 Å². The highest BCUT2D eigenvalue weighted by molar-refractivity contribution is 6.21. The molecule has 4 nitrogen and oxygen atoms in total. The monoisotopic (exact) mass is 286 g/mol. The molecule has 0 N–H and O–H groups in total. The number of methoxy groups -OCH3 is 3. The Kier molecular flexibility index (Phi) is 4.77. The molecule has 0 saturated carbocycles. The molecule has 19 heavy (non-hydrogen) atoms. The minimum atomic E-state index is -0.196. The lowest BCUT2D eigenvalue weighted by Crippen LogP contribution is -2.10. The van der Waals surface area contributed by atoms with Crippen LogP contribution in [0.1, 0.15) is 17.4 Å². The SMILES string of the molecule is COc1cc(OC)c(C(Cl)C2CCOC2)c(OC)c1. The van der Waals surface area contributed by atoms with Crippen LogP contribution in [-0.2, 0) is 4.74 Å². The van der Waals surface area contributed by atoms with Gasteiger partial charge in [0.15, 0.2) is 0 Å². The highest BCUT2D eigenvalue weighted by Crippen LogP contribution is 2.45. The van der Waals surface area contributed by atoms with Crippen molar-refractivity contribution in [3.05, 3.63) is 17.7 Å². The number of halogens is 1. The van der Waals surface area contributed by atoms with Crippen LogP contribution in [0.4, 0.5) is 0 Å². The average molecular weight is 287 g/mol. The highest BCUT2D eigenvalue weighted by Gasteiger charge is 2.30. The van der Waals surface area contributed by atoms with Crippen LogP contribution >= 0.6 is 11.6 Å². The molecule has 0 radical (unpaired) electrons. The van der Waals surface area contributed by atoms with Gasteiger partial charge in [-0.15, -0.1) is 11.6 Å². The molecular weight excluding hydrogens is 268 g/mol. The van der Waals surface area contributed by atoms with Gasteiger partial charge < -0.3 is 18.9 Å². The third-order valence-corrected chi connectivity index (χ3v) is 3.98. The molecule has 0 spiro atoms. The third kappa shape index (κ3) is 2.90. The van der Waals surface area contributed by atoms with E-state index in [4.69, 9.17) is 30.5 Å². The van der Waals surface area contributed by atoms with Crippen LogP contribution in [0.3, 0.4) is 0 Å². The van der Waals surface area contributed by atoms with Crippen LogP contribution < -0.4 is 14.2 Å². The van der Waals surface area contributed by atoms with Crippen molar-refractivity contribution in [2.24, 2.45) is 5.92 Å².